The maximum Gasteiger partial charge on any atom is 0.247 e. The van der Waals surface area contributed by atoms with Crippen LogP contribution in [0.15, 0.2) is 24.3 Å². The first-order chi connectivity index (χ1) is 14.2. The number of rotatable bonds is 6. The summed E-state index contributed by atoms with van der Waals surface area (Å²) in [5.74, 6) is -0.832. The highest BCUT2D eigenvalue weighted by molar-refractivity contribution is 7.89. The number of amides is 2. The van der Waals surface area contributed by atoms with Crippen LogP contribution in [-0.2, 0) is 19.6 Å². The highest BCUT2D eigenvalue weighted by Crippen LogP contribution is 2.33. The van der Waals surface area contributed by atoms with Gasteiger partial charge in [0.15, 0.2) is 0 Å². The quantitative estimate of drug-likeness (QED) is 0.714. The summed E-state index contributed by atoms with van der Waals surface area (Å²) in [6, 6.07) is 6.79. The third kappa shape index (κ3) is 4.81. The molecule has 0 radical (unpaired) electrons. The van der Waals surface area contributed by atoms with Gasteiger partial charge >= 0.3 is 0 Å². The molecular formula is C21H30ClN3O4S. The molecule has 2 amide bonds. The van der Waals surface area contributed by atoms with Crippen LogP contribution in [0.2, 0.25) is 5.02 Å². The van der Waals surface area contributed by atoms with Gasteiger partial charge in [-0.2, -0.15) is 4.31 Å². The average molecular weight is 456 g/mol. The topological polar surface area (TPSA) is 86.8 Å². The summed E-state index contributed by atoms with van der Waals surface area (Å²) in [7, 11) is -3.64. The first-order valence-corrected chi connectivity index (χ1v) is 12.5. The number of nitrogens with zero attached hydrogens (tertiary/aromatic N) is 2. The number of nitrogens with one attached hydrogen (secondary N) is 1. The zero-order valence-electron chi connectivity index (χ0n) is 17.6. The lowest BCUT2D eigenvalue weighted by Gasteiger charge is -2.47. The molecule has 9 heteroatoms. The minimum absolute atomic E-state index is 0.0435. The lowest BCUT2D eigenvalue weighted by Crippen LogP contribution is -2.71. The van der Waals surface area contributed by atoms with Crippen molar-refractivity contribution in [2.75, 3.05) is 23.7 Å². The molecule has 3 rings (SSSR count). The Morgan fingerprint density at radius 3 is 2.60 bits per heavy atom. The zero-order valence-corrected chi connectivity index (χ0v) is 19.1. The number of piperazine rings is 1. The Morgan fingerprint density at radius 1 is 1.27 bits per heavy atom. The van der Waals surface area contributed by atoms with Crippen LogP contribution < -0.4 is 10.2 Å². The van der Waals surface area contributed by atoms with E-state index in [9.17, 15) is 18.0 Å². The summed E-state index contributed by atoms with van der Waals surface area (Å²) in [6.45, 7) is 3.03. The Hall–Kier alpha value is -1.64. The van der Waals surface area contributed by atoms with Gasteiger partial charge in [0.25, 0.3) is 0 Å². The van der Waals surface area contributed by atoms with Crippen LogP contribution in [0.25, 0.3) is 0 Å². The van der Waals surface area contributed by atoms with Crippen molar-refractivity contribution in [1.29, 1.82) is 0 Å². The summed E-state index contributed by atoms with van der Waals surface area (Å²) >= 11 is 6.14. The van der Waals surface area contributed by atoms with Crippen LogP contribution >= 0.6 is 11.6 Å². The van der Waals surface area contributed by atoms with Crippen molar-refractivity contribution in [2.24, 2.45) is 0 Å². The van der Waals surface area contributed by atoms with Crippen molar-refractivity contribution in [3.05, 3.63) is 29.3 Å². The van der Waals surface area contributed by atoms with E-state index in [1.54, 1.807) is 38.1 Å². The summed E-state index contributed by atoms with van der Waals surface area (Å²) in [5.41, 5.74) is -0.889. The highest BCUT2D eigenvalue weighted by Gasteiger charge is 2.51. The molecule has 2 aliphatic rings. The molecule has 7 nitrogen and oxygen atoms in total. The molecule has 1 aromatic rings. The number of carbonyl (C=O) groups is 2. The Labute approximate surface area is 183 Å². The number of anilines is 1. The van der Waals surface area contributed by atoms with Crippen molar-refractivity contribution in [2.45, 2.75) is 64.0 Å². The molecule has 0 unspecified atom stereocenters. The Bertz CT molecular complexity index is 901. The second-order valence-electron chi connectivity index (χ2n) is 8.38. The molecule has 1 aliphatic heterocycles. The van der Waals surface area contributed by atoms with Gasteiger partial charge in [-0.1, -0.05) is 43.9 Å². The Balaban J connectivity index is 1.97. The van der Waals surface area contributed by atoms with Crippen molar-refractivity contribution < 1.29 is 18.0 Å². The molecule has 0 aromatic heterocycles. The number of carbonyl (C=O) groups excluding carboxylic acids is 2. The first kappa shape index (κ1) is 23.0. The van der Waals surface area contributed by atoms with Crippen LogP contribution in [-0.4, -0.2) is 55.0 Å². The highest BCUT2D eigenvalue weighted by atomic mass is 35.5. The van der Waals surface area contributed by atoms with E-state index in [2.05, 4.69) is 5.32 Å². The lowest BCUT2D eigenvalue weighted by molar-refractivity contribution is -0.133. The van der Waals surface area contributed by atoms with Gasteiger partial charge in [-0.05, 0) is 44.4 Å². The van der Waals surface area contributed by atoms with Crippen molar-refractivity contribution in [3.8, 4) is 0 Å². The molecule has 166 valence electrons. The number of halogens is 1. The maximum atomic E-state index is 13.5. The van der Waals surface area contributed by atoms with Crippen LogP contribution in [0.4, 0.5) is 5.69 Å². The molecule has 1 heterocycles. The molecular weight excluding hydrogens is 426 g/mol. The van der Waals surface area contributed by atoms with E-state index in [1.165, 1.54) is 4.90 Å². The van der Waals surface area contributed by atoms with Crippen LogP contribution in [0.1, 0.15) is 52.4 Å². The van der Waals surface area contributed by atoms with Gasteiger partial charge in [0, 0.05) is 23.3 Å². The molecule has 2 fully saturated rings. The SMILES string of the molecule is CCCS(=O)(=O)N1CC(=O)N(c2cccc(Cl)c2)[C@@](C)(C(=O)NC2CCCCC2)C1. The zero-order chi connectivity index (χ0) is 21.9. The van der Waals surface area contributed by atoms with E-state index < -0.39 is 21.5 Å². The number of sulfonamides is 1. The fourth-order valence-corrected chi connectivity index (χ4v) is 6.07. The van der Waals surface area contributed by atoms with Gasteiger partial charge in [0.2, 0.25) is 21.8 Å². The van der Waals surface area contributed by atoms with Crippen LogP contribution in [0.3, 0.4) is 0 Å². The van der Waals surface area contributed by atoms with E-state index in [1.807, 2.05) is 0 Å². The molecule has 1 atom stereocenters. The number of hydrogen-bond donors (Lipinski definition) is 1. The lowest BCUT2D eigenvalue weighted by atomic mass is 9.91. The minimum atomic E-state index is -3.64. The van der Waals surface area contributed by atoms with Crippen molar-refractivity contribution >= 4 is 39.1 Å². The van der Waals surface area contributed by atoms with E-state index in [4.69, 9.17) is 11.6 Å². The fourth-order valence-electron chi connectivity index (χ4n) is 4.36. The van der Waals surface area contributed by atoms with Crippen molar-refractivity contribution in [1.82, 2.24) is 9.62 Å². The Morgan fingerprint density at radius 2 is 1.97 bits per heavy atom. The molecule has 30 heavy (non-hydrogen) atoms. The van der Waals surface area contributed by atoms with Gasteiger partial charge in [0.05, 0.1) is 12.3 Å². The molecule has 0 bridgehead atoms. The van der Waals surface area contributed by atoms with Gasteiger partial charge in [-0.15, -0.1) is 0 Å². The predicted octanol–water partition coefficient (Wildman–Crippen LogP) is 2.94. The number of benzene rings is 1. The Kier molecular flexibility index (Phi) is 7.09. The molecule has 0 spiro atoms. The molecule has 1 aliphatic carbocycles. The summed E-state index contributed by atoms with van der Waals surface area (Å²) in [4.78, 5) is 28.1. The third-order valence-corrected chi connectivity index (χ3v) is 8.09. The van der Waals surface area contributed by atoms with E-state index in [0.717, 1.165) is 36.4 Å². The summed E-state index contributed by atoms with van der Waals surface area (Å²) in [5, 5.41) is 3.52. The second kappa shape index (κ2) is 9.24. The normalized spacial score (nSPS) is 24.1. The van der Waals surface area contributed by atoms with E-state index >= 15 is 0 Å². The maximum absolute atomic E-state index is 13.5. The minimum Gasteiger partial charge on any atom is -0.351 e. The first-order valence-electron chi connectivity index (χ1n) is 10.5. The van der Waals surface area contributed by atoms with Gasteiger partial charge in [0.1, 0.15) is 5.54 Å². The largest absolute Gasteiger partial charge is 0.351 e. The van der Waals surface area contributed by atoms with Gasteiger partial charge < -0.3 is 5.32 Å². The van der Waals surface area contributed by atoms with Crippen LogP contribution in [0.5, 0.6) is 0 Å². The summed E-state index contributed by atoms with van der Waals surface area (Å²) in [6.07, 6.45) is 5.48. The fraction of sp³-hybridized carbons (Fsp3) is 0.619. The smallest absolute Gasteiger partial charge is 0.247 e. The molecule has 1 aromatic carbocycles. The third-order valence-electron chi connectivity index (χ3n) is 5.89. The second-order valence-corrected chi connectivity index (χ2v) is 10.9. The van der Waals surface area contributed by atoms with E-state index in [0.29, 0.717) is 17.1 Å². The molecule has 1 N–H and O–H groups in total. The van der Waals surface area contributed by atoms with Crippen molar-refractivity contribution in [3.63, 3.8) is 0 Å². The molecule has 1 saturated heterocycles. The monoisotopic (exact) mass is 455 g/mol. The predicted molar refractivity (Wildman–Crippen MR) is 118 cm³/mol. The average Bonchev–Trinajstić information content (AvgIpc) is 2.68. The van der Waals surface area contributed by atoms with Crippen LogP contribution in [0, 0.1) is 0 Å². The number of hydrogen-bond acceptors (Lipinski definition) is 4. The molecule has 1 saturated carbocycles. The standard InChI is InChI=1S/C21H30ClN3O4S/c1-3-12-30(28,29)24-14-19(26)25(18-11-7-8-16(22)13-18)21(2,15-24)20(27)23-17-9-5-4-6-10-17/h7-8,11,13,17H,3-6,9-10,12,14-15H2,1-2H3,(H,23,27)/t21-/m1/s1. The van der Waals surface area contributed by atoms with E-state index in [-0.39, 0.29) is 30.8 Å². The van der Waals surface area contributed by atoms with Gasteiger partial charge in [-0.3, -0.25) is 14.5 Å². The summed E-state index contributed by atoms with van der Waals surface area (Å²) < 4.78 is 26.6. The van der Waals surface area contributed by atoms with Gasteiger partial charge in [-0.25, -0.2) is 8.42 Å².